The van der Waals surface area contributed by atoms with Gasteiger partial charge in [0.25, 0.3) is 0 Å². The Hall–Kier alpha value is -1.59. The molecule has 0 bridgehead atoms. The number of likely N-dealkylation sites (N-methyl/N-ethyl adjacent to an activating group) is 1. The number of anilines is 1. The van der Waals surface area contributed by atoms with Crippen LogP contribution in [-0.4, -0.2) is 75.1 Å². The zero-order chi connectivity index (χ0) is 18.2. The van der Waals surface area contributed by atoms with Gasteiger partial charge < -0.3 is 15.1 Å². The van der Waals surface area contributed by atoms with E-state index in [2.05, 4.69) is 45.4 Å². The first-order valence-corrected chi connectivity index (χ1v) is 10.2. The van der Waals surface area contributed by atoms with Crippen LogP contribution in [0.25, 0.3) is 0 Å². The van der Waals surface area contributed by atoms with Crippen LogP contribution in [0.3, 0.4) is 0 Å². The second-order valence-electron chi connectivity index (χ2n) is 7.71. The van der Waals surface area contributed by atoms with E-state index in [1.807, 2.05) is 11.9 Å². The van der Waals surface area contributed by atoms with E-state index in [0.29, 0.717) is 12.3 Å². The molecule has 2 aliphatic rings. The molecule has 1 aromatic rings. The van der Waals surface area contributed by atoms with Gasteiger partial charge in [-0.25, -0.2) is 0 Å². The summed E-state index contributed by atoms with van der Waals surface area (Å²) in [6.45, 7) is 8.34. The molecular weight excluding hydrogens is 324 g/mol. The topological polar surface area (TPSA) is 38.8 Å². The highest BCUT2D eigenvalue weighted by Gasteiger charge is 2.19. The van der Waals surface area contributed by atoms with Crippen molar-refractivity contribution < 1.29 is 4.79 Å². The molecule has 0 aliphatic carbocycles. The number of piperidine rings is 1. The van der Waals surface area contributed by atoms with Crippen LogP contribution in [0.5, 0.6) is 0 Å². The van der Waals surface area contributed by atoms with Crippen LogP contribution in [0.15, 0.2) is 30.3 Å². The van der Waals surface area contributed by atoms with Crippen LogP contribution < -0.4 is 10.2 Å². The van der Waals surface area contributed by atoms with Gasteiger partial charge in [-0.05, 0) is 50.4 Å². The van der Waals surface area contributed by atoms with Crippen LogP contribution in [0, 0.1) is 5.92 Å². The van der Waals surface area contributed by atoms with Crippen molar-refractivity contribution in [2.75, 3.05) is 64.3 Å². The van der Waals surface area contributed by atoms with Gasteiger partial charge in [0.2, 0.25) is 5.91 Å². The van der Waals surface area contributed by atoms with E-state index in [4.69, 9.17) is 0 Å². The average Bonchev–Trinajstić information content (AvgIpc) is 2.72. The molecule has 0 radical (unpaired) electrons. The van der Waals surface area contributed by atoms with Crippen molar-refractivity contribution in [1.82, 2.24) is 15.1 Å². The van der Waals surface area contributed by atoms with Crippen LogP contribution in [0.1, 0.15) is 25.7 Å². The molecule has 0 atom stereocenters. The van der Waals surface area contributed by atoms with Gasteiger partial charge in [-0.1, -0.05) is 18.2 Å². The number of nitrogens with one attached hydrogen (secondary N) is 1. The summed E-state index contributed by atoms with van der Waals surface area (Å²) in [6.07, 6.45) is 4.22. The van der Waals surface area contributed by atoms with Crippen molar-refractivity contribution in [3.8, 4) is 0 Å². The fraction of sp³-hybridized carbons (Fsp3) is 0.667. The smallest absolute Gasteiger partial charge is 0.222 e. The third-order valence-corrected chi connectivity index (χ3v) is 5.90. The molecule has 3 rings (SSSR count). The highest BCUT2D eigenvalue weighted by molar-refractivity contribution is 5.75. The Balaban J connectivity index is 1.32. The van der Waals surface area contributed by atoms with Crippen LogP contribution >= 0.6 is 0 Å². The predicted molar refractivity (Wildman–Crippen MR) is 108 cm³/mol. The molecule has 2 aliphatic heterocycles. The van der Waals surface area contributed by atoms with E-state index >= 15 is 0 Å². The summed E-state index contributed by atoms with van der Waals surface area (Å²) in [4.78, 5) is 19.2. The molecule has 5 nitrogen and oxygen atoms in total. The number of hydrogen-bond acceptors (Lipinski definition) is 4. The van der Waals surface area contributed by atoms with Gasteiger partial charge in [0.1, 0.15) is 0 Å². The van der Waals surface area contributed by atoms with Crippen molar-refractivity contribution in [1.29, 1.82) is 0 Å². The molecule has 5 heteroatoms. The Labute approximate surface area is 158 Å². The molecule has 0 aromatic heterocycles. The van der Waals surface area contributed by atoms with E-state index < -0.39 is 0 Å². The van der Waals surface area contributed by atoms with Crippen LogP contribution in [0.4, 0.5) is 5.69 Å². The first-order valence-electron chi connectivity index (χ1n) is 10.2. The van der Waals surface area contributed by atoms with Gasteiger partial charge in [-0.2, -0.15) is 0 Å². The number of carbonyl (C=O) groups is 1. The fourth-order valence-corrected chi connectivity index (χ4v) is 3.97. The highest BCUT2D eigenvalue weighted by atomic mass is 16.2. The first-order chi connectivity index (χ1) is 12.7. The van der Waals surface area contributed by atoms with Crippen molar-refractivity contribution in [3.63, 3.8) is 0 Å². The number of amides is 1. The zero-order valence-electron chi connectivity index (χ0n) is 16.2. The summed E-state index contributed by atoms with van der Waals surface area (Å²) in [6, 6.07) is 10.6. The zero-order valence-corrected chi connectivity index (χ0v) is 16.2. The Morgan fingerprint density at radius 3 is 2.50 bits per heavy atom. The molecule has 0 spiro atoms. The molecule has 2 saturated heterocycles. The van der Waals surface area contributed by atoms with E-state index in [9.17, 15) is 4.79 Å². The lowest BCUT2D eigenvalue weighted by atomic mass is 9.93. The summed E-state index contributed by atoms with van der Waals surface area (Å²) < 4.78 is 0. The second kappa shape index (κ2) is 9.93. The minimum Gasteiger partial charge on any atom is -0.369 e. The van der Waals surface area contributed by atoms with E-state index in [0.717, 1.165) is 64.7 Å². The van der Waals surface area contributed by atoms with Crippen molar-refractivity contribution in [3.05, 3.63) is 30.3 Å². The number of hydrogen-bond donors (Lipinski definition) is 1. The monoisotopic (exact) mass is 358 g/mol. The number of carbonyl (C=O) groups excluding carboxylic acids is 1. The first kappa shape index (κ1) is 19.2. The number of para-hydroxylation sites is 1. The fourth-order valence-electron chi connectivity index (χ4n) is 3.97. The van der Waals surface area contributed by atoms with Crippen molar-refractivity contribution in [2.45, 2.75) is 25.7 Å². The molecule has 144 valence electrons. The van der Waals surface area contributed by atoms with E-state index in [1.165, 1.54) is 18.5 Å². The summed E-state index contributed by atoms with van der Waals surface area (Å²) in [5.41, 5.74) is 1.32. The summed E-state index contributed by atoms with van der Waals surface area (Å²) >= 11 is 0. The maximum atomic E-state index is 12.4. The van der Waals surface area contributed by atoms with Gasteiger partial charge in [-0.15, -0.1) is 0 Å². The summed E-state index contributed by atoms with van der Waals surface area (Å²) in [7, 11) is 1.96. The van der Waals surface area contributed by atoms with Crippen molar-refractivity contribution >= 4 is 11.6 Å². The largest absolute Gasteiger partial charge is 0.369 e. The molecule has 1 aromatic carbocycles. The minimum atomic E-state index is 0.312. The number of piperazine rings is 1. The number of rotatable bonds is 7. The lowest BCUT2D eigenvalue weighted by Crippen LogP contribution is -2.48. The Kier molecular flexibility index (Phi) is 7.32. The van der Waals surface area contributed by atoms with Crippen LogP contribution in [-0.2, 0) is 4.79 Å². The Morgan fingerprint density at radius 1 is 1.12 bits per heavy atom. The van der Waals surface area contributed by atoms with Crippen molar-refractivity contribution in [2.24, 2.45) is 5.92 Å². The van der Waals surface area contributed by atoms with E-state index in [1.54, 1.807) is 0 Å². The molecule has 0 saturated carbocycles. The molecule has 2 heterocycles. The van der Waals surface area contributed by atoms with Crippen LogP contribution in [0.2, 0.25) is 0 Å². The number of benzene rings is 1. The summed E-state index contributed by atoms with van der Waals surface area (Å²) in [5.74, 6) is 1.05. The van der Waals surface area contributed by atoms with Gasteiger partial charge in [0, 0.05) is 58.4 Å². The maximum absolute atomic E-state index is 12.4. The van der Waals surface area contributed by atoms with Gasteiger partial charge in [-0.3, -0.25) is 9.69 Å². The third-order valence-electron chi connectivity index (χ3n) is 5.90. The molecular formula is C21H34N4O. The Bertz CT molecular complexity index is 536. The van der Waals surface area contributed by atoms with Gasteiger partial charge >= 0.3 is 0 Å². The lowest BCUT2D eigenvalue weighted by Gasteiger charge is -2.36. The normalized spacial score (nSPS) is 19.5. The second-order valence-corrected chi connectivity index (χ2v) is 7.71. The van der Waals surface area contributed by atoms with Gasteiger partial charge in [0.15, 0.2) is 0 Å². The summed E-state index contributed by atoms with van der Waals surface area (Å²) in [5, 5.41) is 3.39. The molecule has 26 heavy (non-hydrogen) atoms. The van der Waals surface area contributed by atoms with E-state index in [-0.39, 0.29) is 0 Å². The maximum Gasteiger partial charge on any atom is 0.222 e. The standard InChI is InChI=1S/C21H34N4O/c1-23(21(26)8-7-19-9-11-22-12-10-19)13-14-24-15-17-25(18-16-24)20-5-3-2-4-6-20/h2-6,19,22H,7-18H2,1H3. The molecule has 0 unspecified atom stereocenters. The average molecular weight is 359 g/mol. The predicted octanol–water partition coefficient (Wildman–Crippen LogP) is 2.05. The number of nitrogens with zero attached hydrogens (tertiary/aromatic N) is 3. The lowest BCUT2D eigenvalue weighted by molar-refractivity contribution is -0.130. The minimum absolute atomic E-state index is 0.312. The molecule has 2 fully saturated rings. The Morgan fingerprint density at radius 2 is 1.81 bits per heavy atom. The molecule has 1 amide bonds. The SMILES string of the molecule is CN(CCN1CCN(c2ccccc2)CC1)C(=O)CCC1CCNCC1. The molecule has 1 N–H and O–H groups in total. The van der Waals surface area contributed by atoms with Gasteiger partial charge in [0.05, 0.1) is 0 Å². The highest BCUT2D eigenvalue weighted by Crippen LogP contribution is 2.18. The third kappa shape index (κ3) is 5.71. The quantitative estimate of drug-likeness (QED) is 0.810.